The van der Waals surface area contributed by atoms with E-state index in [9.17, 15) is 4.79 Å². The van der Waals surface area contributed by atoms with Crippen LogP contribution < -0.4 is 10.9 Å². The number of anilines is 1. The molecule has 1 aromatic heterocycles. The fraction of sp³-hybridized carbons (Fsp3) is 0.130. The Balaban J connectivity index is 1.65. The lowest BCUT2D eigenvalue weighted by molar-refractivity contribution is -0.141. The standard InChI is InChI=1S/C23H21N3O2/c1-23(28-2,19-12-5-9-16-8-3-4-10-17(16)19)22(27)26-25-21-14-6-13-20-18(21)11-7-15-24-20/h3-15,25H,1-2H3,(H,26,27). The minimum atomic E-state index is -1.16. The summed E-state index contributed by atoms with van der Waals surface area (Å²) in [7, 11) is 1.54. The van der Waals surface area contributed by atoms with Gasteiger partial charge in [0.15, 0.2) is 5.60 Å². The lowest BCUT2D eigenvalue weighted by atomic mass is 9.90. The summed E-state index contributed by atoms with van der Waals surface area (Å²) in [4.78, 5) is 17.5. The summed E-state index contributed by atoms with van der Waals surface area (Å²) in [6, 6.07) is 23.4. The first-order valence-corrected chi connectivity index (χ1v) is 9.07. The topological polar surface area (TPSA) is 63.2 Å². The van der Waals surface area contributed by atoms with Gasteiger partial charge in [-0.3, -0.25) is 20.6 Å². The molecule has 0 aliphatic heterocycles. The number of methoxy groups -OCH3 is 1. The normalized spacial score (nSPS) is 13.2. The van der Waals surface area contributed by atoms with E-state index in [0.717, 1.165) is 32.9 Å². The molecular formula is C23H21N3O2. The Kier molecular flexibility index (Phi) is 4.67. The van der Waals surface area contributed by atoms with Crippen LogP contribution in [0.5, 0.6) is 0 Å². The lowest BCUT2D eigenvalue weighted by Crippen LogP contribution is -2.46. The van der Waals surface area contributed by atoms with Gasteiger partial charge in [0.25, 0.3) is 5.91 Å². The maximum absolute atomic E-state index is 13.1. The Labute approximate surface area is 163 Å². The van der Waals surface area contributed by atoms with Crippen LogP contribution in [0.2, 0.25) is 0 Å². The lowest BCUT2D eigenvalue weighted by Gasteiger charge is -2.29. The van der Waals surface area contributed by atoms with Crippen LogP contribution in [-0.4, -0.2) is 18.0 Å². The van der Waals surface area contributed by atoms with Crippen molar-refractivity contribution < 1.29 is 9.53 Å². The summed E-state index contributed by atoms with van der Waals surface area (Å²) in [6.45, 7) is 1.77. The van der Waals surface area contributed by atoms with Crippen molar-refractivity contribution in [3.05, 3.63) is 84.6 Å². The van der Waals surface area contributed by atoms with Crippen molar-refractivity contribution in [2.75, 3.05) is 12.5 Å². The maximum Gasteiger partial charge on any atom is 0.274 e. The van der Waals surface area contributed by atoms with Crippen molar-refractivity contribution >= 4 is 33.3 Å². The zero-order chi connectivity index (χ0) is 19.6. The van der Waals surface area contributed by atoms with Crippen LogP contribution in [0.4, 0.5) is 5.69 Å². The van der Waals surface area contributed by atoms with E-state index in [0.29, 0.717) is 0 Å². The molecule has 4 rings (SSSR count). The molecule has 4 aromatic rings. The molecule has 0 radical (unpaired) electrons. The Morgan fingerprint density at radius 1 is 0.929 bits per heavy atom. The van der Waals surface area contributed by atoms with Crippen molar-refractivity contribution in [2.24, 2.45) is 0 Å². The average molecular weight is 371 g/mol. The Morgan fingerprint density at radius 3 is 2.54 bits per heavy atom. The van der Waals surface area contributed by atoms with Crippen LogP contribution in [0.1, 0.15) is 12.5 Å². The number of nitrogens with zero attached hydrogens (tertiary/aromatic N) is 1. The van der Waals surface area contributed by atoms with Gasteiger partial charge in [0.2, 0.25) is 0 Å². The van der Waals surface area contributed by atoms with Crippen LogP contribution >= 0.6 is 0 Å². The minimum Gasteiger partial charge on any atom is -0.364 e. The van der Waals surface area contributed by atoms with Crippen molar-refractivity contribution in [3.63, 3.8) is 0 Å². The fourth-order valence-electron chi connectivity index (χ4n) is 3.42. The van der Waals surface area contributed by atoms with E-state index in [1.165, 1.54) is 0 Å². The molecule has 5 nitrogen and oxygen atoms in total. The third-order valence-corrected chi connectivity index (χ3v) is 5.10. The minimum absolute atomic E-state index is 0.285. The molecule has 1 heterocycles. The monoisotopic (exact) mass is 371 g/mol. The highest BCUT2D eigenvalue weighted by Gasteiger charge is 2.36. The van der Waals surface area contributed by atoms with Crippen LogP contribution in [-0.2, 0) is 15.1 Å². The summed E-state index contributed by atoms with van der Waals surface area (Å²) in [5.41, 5.74) is 7.11. The van der Waals surface area contributed by atoms with Crippen LogP contribution in [0, 0.1) is 0 Å². The predicted molar refractivity (Wildman–Crippen MR) is 112 cm³/mol. The Morgan fingerprint density at radius 2 is 1.68 bits per heavy atom. The molecule has 1 amide bonds. The summed E-state index contributed by atoms with van der Waals surface area (Å²) >= 11 is 0. The number of nitrogens with one attached hydrogen (secondary N) is 2. The zero-order valence-electron chi connectivity index (χ0n) is 15.8. The van der Waals surface area contributed by atoms with E-state index < -0.39 is 5.60 Å². The molecule has 2 N–H and O–H groups in total. The molecule has 0 aliphatic carbocycles. The number of carbonyl (C=O) groups is 1. The van der Waals surface area contributed by atoms with E-state index in [1.54, 1.807) is 20.2 Å². The zero-order valence-corrected chi connectivity index (χ0v) is 15.8. The number of hydrazine groups is 1. The molecule has 1 atom stereocenters. The maximum atomic E-state index is 13.1. The summed E-state index contributed by atoms with van der Waals surface area (Å²) < 4.78 is 5.71. The quantitative estimate of drug-likeness (QED) is 0.511. The number of ether oxygens (including phenoxy) is 1. The van der Waals surface area contributed by atoms with Gasteiger partial charge in [0.1, 0.15) is 0 Å². The van der Waals surface area contributed by atoms with Crippen molar-refractivity contribution in [1.82, 2.24) is 10.4 Å². The molecule has 0 saturated heterocycles. The van der Waals surface area contributed by atoms with Crippen LogP contribution in [0.25, 0.3) is 21.7 Å². The van der Waals surface area contributed by atoms with Gasteiger partial charge in [-0.1, -0.05) is 48.5 Å². The largest absolute Gasteiger partial charge is 0.364 e. The van der Waals surface area contributed by atoms with E-state index in [2.05, 4.69) is 15.8 Å². The van der Waals surface area contributed by atoms with E-state index >= 15 is 0 Å². The van der Waals surface area contributed by atoms with Crippen molar-refractivity contribution in [3.8, 4) is 0 Å². The Bertz CT molecular complexity index is 1150. The van der Waals surface area contributed by atoms with Gasteiger partial charge in [-0.15, -0.1) is 0 Å². The summed E-state index contributed by atoms with van der Waals surface area (Å²) in [5.74, 6) is -0.285. The van der Waals surface area contributed by atoms with Gasteiger partial charge in [0, 0.05) is 24.3 Å². The van der Waals surface area contributed by atoms with Gasteiger partial charge in [-0.25, -0.2) is 0 Å². The number of fused-ring (bicyclic) bond motifs is 2. The molecule has 0 spiro atoms. The molecule has 0 aliphatic rings. The van der Waals surface area contributed by atoms with Gasteiger partial charge in [0.05, 0.1) is 11.2 Å². The van der Waals surface area contributed by atoms with E-state index in [-0.39, 0.29) is 5.91 Å². The molecular weight excluding hydrogens is 350 g/mol. The second-order valence-electron chi connectivity index (χ2n) is 6.72. The highest BCUT2D eigenvalue weighted by molar-refractivity contribution is 5.96. The number of pyridine rings is 1. The van der Waals surface area contributed by atoms with Gasteiger partial charge >= 0.3 is 0 Å². The van der Waals surface area contributed by atoms with Crippen LogP contribution in [0.15, 0.2) is 79.0 Å². The highest BCUT2D eigenvalue weighted by atomic mass is 16.5. The molecule has 140 valence electrons. The first-order chi connectivity index (χ1) is 13.6. The van der Waals surface area contributed by atoms with Gasteiger partial charge < -0.3 is 4.74 Å². The highest BCUT2D eigenvalue weighted by Crippen LogP contribution is 2.32. The van der Waals surface area contributed by atoms with E-state index in [1.807, 2.05) is 72.8 Å². The number of aromatic nitrogens is 1. The number of amides is 1. The van der Waals surface area contributed by atoms with Gasteiger partial charge in [-0.2, -0.15) is 0 Å². The number of hydrogen-bond acceptors (Lipinski definition) is 4. The molecule has 0 saturated carbocycles. The third kappa shape index (κ3) is 3.06. The molecule has 5 heteroatoms. The van der Waals surface area contributed by atoms with Gasteiger partial charge in [-0.05, 0) is 42.0 Å². The second kappa shape index (κ2) is 7.29. The van der Waals surface area contributed by atoms with Crippen molar-refractivity contribution in [2.45, 2.75) is 12.5 Å². The van der Waals surface area contributed by atoms with Crippen LogP contribution in [0.3, 0.4) is 0 Å². The average Bonchev–Trinajstić information content (AvgIpc) is 2.76. The summed E-state index contributed by atoms with van der Waals surface area (Å²) in [6.07, 6.45) is 1.74. The first kappa shape index (κ1) is 17.9. The smallest absolute Gasteiger partial charge is 0.274 e. The third-order valence-electron chi connectivity index (χ3n) is 5.10. The molecule has 0 fully saturated rings. The number of rotatable bonds is 5. The first-order valence-electron chi connectivity index (χ1n) is 9.07. The fourth-order valence-corrected chi connectivity index (χ4v) is 3.42. The molecule has 28 heavy (non-hydrogen) atoms. The SMILES string of the molecule is COC(C)(C(=O)NNc1cccc2ncccc12)c1cccc2ccccc12. The number of hydrogen-bond donors (Lipinski definition) is 2. The molecule has 1 unspecified atom stereocenters. The number of benzene rings is 3. The predicted octanol–water partition coefficient (Wildman–Crippen LogP) is 4.39. The van der Waals surface area contributed by atoms with E-state index in [4.69, 9.17) is 4.74 Å². The summed E-state index contributed by atoms with van der Waals surface area (Å²) in [5, 5.41) is 2.97. The number of carbonyl (C=O) groups excluding carboxylic acids is 1. The molecule has 3 aromatic carbocycles. The van der Waals surface area contributed by atoms with Crippen molar-refractivity contribution in [1.29, 1.82) is 0 Å². The Hall–Kier alpha value is -3.44. The second-order valence-corrected chi connectivity index (χ2v) is 6.72. The molecule has 0 bridgehead atoms.